The van der Waals surface area contributed by atoms with Crippen LogP contribution in [0.5, 0.6) is 0 Å². The lowest BCUT2D eigenvalue weighted by atomic mass is 10.1. The zero-order valence-electron chi connectivity index (χ0n) is 11.1. The number of hydrogen-bond acceptors (Lipinski definition) is 4. The minimum absolute atomic E-state index is 0.111. The standard InChI is InChI=1S/C14H16N4OS/c1-8(6-12(15)19)17-13-7-10(14(16)20)9-4-2-3-5-11(9)18-13/h2-5,7-8H,6H2,1H3,(H2,15,19)(H2,16,20)(H,17,18). The fourth-order valence-corrected chi connectivity index (χ4v) is 2.23. The second kappa shape index (κ2) is 5.83. The summed E-state index contributed by atoms with van der Waals surface area (Å²) in [7, 11) is 0. The Balaban J connectivity index is 2.40. The molecule has 5 N–H and O–H groups in total. The van der Waals surface area contributed by atoms with Gasteiger partial charge in [-0.2, -0.15) is 0 Å². The Kier molecular flexibility index (Phi) is 4.14. The van der Waals surface area contributed by atoms with E-state index in [-0.39, 0.29) is 18.4 Å². The predicted octanol–water partition coefficient (Wildman–Crippen LogP) is 1.54. The molecular formula is C14H16N4OS. The molecule has 0 bridgehead atoms. The molecule has 0 saturated carbocycles. The molecule has 0 aliphatic carbocycles. The van der Waals surface area contributed by atoms with Crippen LogP contribution in [0.15, 0.2) is 30.3 Å². The maximum atomic E-state index is 10.9. The molecular weight excluding hydrogens is 272 g/mol. The second-order valence-corrected chi connectivity index (χ2v) is 5.09. The minimum atomic E-state index is -0.361. The van der Waals surface area contributed by atoms with E-state index in [1.54, 1.807) is 6.07 Å². The van der Waals surface area contributed by atoms with Gasteiger partial charge in [-0.25, -0.2) is 4.98 Å². The monoisotopic (exact) mass is 288 g/mol. The molecule has 6 heteroatoms. The van der Waals surface area contributed by atoms with Gasteiger partial charge in [0, 0.05) is 23.4 Å². The van der Waals surface area contributed by atoms with E-state index < -0.39 is 0 Å². The topological polar surface area (TPSA) is 94.0 Å². The second-order valence-electron chi connectivity index (χ2n) is 4.65. The number of nitrogens with two attached hydrogens (primary N) is 2. The van der Waals surface area contributed by atoms with Gasteiger partial charge in [0.1, 0.15) is 10.8 Å². The first-order chi connectivity index (χ1) is 9.47. The number of fused-ring (bicyclic) bond motifs is 1. The number of nitrogens with zero attached hydrogens (tertiary/aromatic N) is 1. The van der Waals surface area contributed by atoms with Crippen LogP contribution in [0.25, 0.3) is 10.9 Å². The van der Waals surface area contributed by atoms with Crippen LogP contribution in [0.4, 0.5) is 5.82 Å². The number of rotatable bonds is 5. The number of para-hydroxylation sites is 1. The first-order valence-electron chi connectivity index (χ1n) is 6.22. The van der Waals surface area contributed by atoms with Gasteiger partial charge in [-0.1, -0.05) is 30.4 Å². The molecule has 1 amide bonds. The number of hydrogen-bond donors (Lipinski definition) is 3. The van der Waals surface area contributed by atoms with Crippen molar-refractivity contribution in [2.45, 2.75) is 19.4 Å². The fourth-order valence-electron chi connectivity index (χ4n) is 2.06. The van der Waals surface area contributed by atoms with Crippen LogP contribution in [-0.2, 0) is 4.79 Å². The van der Waals surface area contributed by atoms with Crippen molar-refractivity contribution in [3.63, 3.8) is 0 Å². The minimum Gasteiger partial charge on any atom is -0.389 e. The van der Waals surface area contributed by atoms with Crippen molar-refractivity contribution in [2.75, 3.05) is 5.32 Å². The number of aromatic nitrogens is 1. The van der Waals surface area contributed by atoms with Gasteiger partial charge in [-0.15, -0.1) is 0 Å². The third-order valence-corrected chi connectivity index (χ3v) is 3.10. The maximum Gasteiger partial charge on any atom is 0.219 e. The molecule has 5 nitrogen and oxygen atoms in total. The molecule has 2 aromatic rings. The molecule has 1 atom stereocenters. The van der Waals surface area contributed by atoms with E-state index in [9.17, 15) is 4.79 Å². The van der Waals surface area contributed by atoms with E-state index in [1.807, 2.05) is 31.2 Å². The van der Waals surface area contributed by atoms with E-state index in [1.165, 1.54) is 0 Å². The summed E-state index contributed by atoms with van der Waals surface area (Å²) in [5.41, 5.74) is 12.5. The summed E-state index contributed by atoms with van der Waals surface area (Å²) in [6.45, 7) is 1.86. The maximum absolute atomic E-state index is 10.9. The van der Waals surface area contributed by atoms with Crippen molar-refractivity contribution >= 4 is 39.8 Å². The highest BCUT2D eigenvalue weighted by molar-refractivity contribution is 7.80. The highest BCUT2D eigenvalue weighted by Crippen LogP contribution is 2.21. The van der Waals surface area contributed by atoms with Crippen LogP contribution < -0.4 is 16.8 Å². The fraction of sp³-hybridized carbons (Fsp3) is 0.214. The van der Waals surface area contributed by atoms with Crippen molar-refractivity contribution in [3.05, 3.63) is 35.9 Å². The van der Waals surface area contributed by atoms with E-state index in [0.29, 0.717) is 10.8 Å². The highest BCUT2D eigenvalue weighted by Gasteiger charge is 2.11. The lowest BCUT2D eigenvalue weighted by Gasteiger charge is -2.15. The predicted molar refractivity (Wildman–Crippen MR) is 84.5 cm³/mol. The quantitative estimate of drug-likeness (QED) is 0.726. The summed E-state index contributed by atoms with van der Waals surface area (Å²) in [6.07, 6.45) is 0.233. The first-order valence-corrected chi connectivity index (χ1v) is 6.62. The molecule has 0 spiro atoms. The molecule has 1 unspecified atom stereocenters. The number of benzene rings is 1. The first kappa shape index (κ1) is 14.2. The molecule has 0 aliphatic rings. The van der Waals surface area contributed by atoms with Gasteiger partial charge < -0.3 is 16.8 Å². The van der Waals surface area contributed by atoms with E-state index in [0.717, 1.165) is 16.5 Å². The number of pyridine rings is 1. The van der Waals surface area contributed by atoms with Gasteiger partial charge in [-0.05, 0) is 19.1 Å². The van der Waals surface area contributed by atoms with Gasteiger partial charge in [0.05, 0.1) is 5.52 Å². The molecule has 1 heterocycles. The van der Waals surface area contributed by atoms with Crippen LogP contribution in [0, 0.1) is 0 Å². The van der Waals surface area contributed by atoms with Gasteiger partial charge in [0.25, 0.3) is 0 Å². The Bertz CT molecular complexity index is 671. The lowest BCUT2D eigenvalue weighted by Crippen LogP contribution is -2.24. The van der Waals surface area contributed by atoms with E-state index >= 15 is 0 Å². The summed E-state index contributed by atoms with van der Waals surface area (Å²) in [6, 6.07) is 9.31. The van der Waals surface area contributed by atoms with Crippen molar-refractivity contribution in [3.8, 4) is 0 Å². The van der Waals surface area contributed by atoms with Crippen LogP contribution >= 0.6 is 12.2 Å². The summed E-state index contributed by atoms with van der Waals surface area (Å²) >= 11 is 5.08. The number of thiocarbonyl (C=S) groups is 1. The number of carbonyl (C=O) groups is 1. The van der Waals surface area contributed by atoms with E-state index in [4.69, 9.17) is 23.7 Å². The third kappa shape index (κ3) is 3.21. The number of amides is 1. The SMILES string of the molecule is CC(CC(N)=O)Nc1cc(C(N)=S)c2ccccc2n1. The Morgan fingerprint density at radius 3 is 2.75 bits per heavy atom. The summed E-state index contributed by atoms with van der Waals surface area (Å²) < 4.78 is 0. The van der Waals surface area contributed by atoms with Crippen molar-refractivity contribution in [2.24, 2.45) is 11.5 Å². The van der Waals surface area contributed by atoms with Gasteiger partial charge >= 0.3 is 0 Å². The molecule has 104 valence electrons. The summed E-state index contributed by atoms with van der Waals surface area (Å²) in [5.74, 6) is 0.264. The Labute approximate surface area is 122 Å². The van der Waals surface area contributed by atoms with E-state index in [2.05, 4.69) is 10.3 Å². The van der Waals surface area contributed by atoms with Crippen molar-refractivity contribution < 1.29 is 4.79 Å². The van der Waals surface area contributed by atoms with Crippen molar-refractivity contribution in [1.29, 1.82) is 0 Å². The van der Waals surface area contributed by atoms with Gasteiger partial charge in [0.15, 0.2) is 0 Å². The molecule has 20 heavy (non-hydrogen) atoms. The number of anilines is 1. The zero-order chi connectivity index (χ0) is 14.7. The molecule has 2 rings (SSSR count). The van der Waals surface area contributed by atoms with Crippen molar-refractivity contribution in [1.82, 2.24) is 4.98 Å². The normalized spacial score (nSPS) is 12.1. The zero-order valence-corrected chi connectivity index (χ0v) is 11.9. The number of primary amides is 1. The number of nitrogens with one attached hydrogen (secondary N) is 1. The van der Waals surface area contributed by atoms with Crippen LogP contribution in [0.2, 0.25) is 0 Å². The molecule has 0 radical (unpaired) electrons. The molecule has 0 saturated heterocycles. The molecule has 0 fully saturated rings. The third-order valence-electron chi connectivity index (χ3n) is 2.88. The summed E-state index contributed by atoms with van der Waals surface area (Å²) in [5, 5.41) is 4.04. The van der Waals surface area contributed by atoms with Crippen LogP contribution in [0.3, 0.4) is 0 Å². The Morgan fingerprint density at radius 1 is 1.40 bits per heavy atom. The Hall–Kier alpha value is -2.21. The smallest absolute Gasteiger partial charge is 0.219 e. The highest BCUT2D eigenvalue weighted by atomic mass is 32.1. The van der Waals surface area contributed by atoms with Gasteiger partial charge in [-0.3, -0.25) is 4.79 Å². The van der Waals surface area contributed by atoms with Gasteiger partial charge in [0.2, 0.25) is 5.91 Å². The van der Waals surface area contributed by atoms with Crippen LogP contribution in [-0.4, -0.2) is 21.9 Å². The average molecular weight is 288 g/mol. The van der Waals surface area contributed by atoms with Crippen LogP contribution in [0.1, 0.15) is 18.9 Å². The lowest BCUT2D eigenvalue weighted by molar-refractivity contribution is -0.118. The average Bonchev–Trinajstić information content (AvgIpc) is 2.36. The molecule has 0 aliphatic heterocycles. The molecule has 1 aromatic heterocycles. The number of carbonyl (C=O) groups excluding carboxylic acids is 1. The Morgan fingerprint density at radius 2 is 2.10 bits per heavy atom. The molecule has 1 aromatic carbocycles. The largest absolute Gasteiger partial charge is 0.389 e. The summed E-state index contributed by atoms with van der Waals surface area (Å²) in [4.78, 5) is 15.7.